The number of aryl methyl sites for hydroxylation is 1. The predicted octanol–water partition coefficient (Wildman–Crippen LogP) is 5.32. The van der Waals surface area contributed by atoms with E-state index < -0.39 is 0 Å². The third-order valence-electron chi connectivity index (χ3n) is 3.29. The summed E-state index contributed by atoms with van der Waals surface area (Å²) in [5.41, 5.74) is 9.26. The van der Waals surface area contributed by atoms with Crippen molar-refractivity contribution in [3.63, 3.8) is 0 Å². The van der Waals surface area contributed by atoms with Crippen molar-refractivity contribution in [2.24, 2.45) is 0 Å². The maximum Gasteiger partial charge on any atom is 0.131 e. The van der Waals surface area contributed by atoms with Gasteiger partial charge in [0.1, 0.15) is 5.82 Å². The van der Waals surface area contributed by atoms with Crippen molar-refractivity contribution < 1.29 is 0 Å². The summed E-state index contributed by atoms with van der Waals surface area (Å²) in [5.74, 6) is 0.562. The Morgan fingerprint density at radius 3 is 2.40 bits per heavy atom. The van der Waals surface area contributed by atoms with Crippen molar-refractivity contribution in [1.82, 2.24) is 4.98 Å². The first-order chi connectivity index (χ1) is 9.54. The number of hydrogen-bond acceptors (Lipinski definition) is 2. The molecule has 0 aliphatic rings. The Labute approximate surface area is 134 Å². The highest BCUT2D eigenvalue weighted by molar-refractivity contribution is 9.10. The number of nitrogen functional groups attached to an aromatic ring is 1. The van der Waals surface area contributed by atoms with Crippen LogP contribution in [0.2, 0.25) is 0 Å². The number of halogens is 2. The van der Waals surface area contributed by atoms with Crippen LogP contribution < -0.4 is 5.73 Å². The first-order valence-corrected chi connectivity index (χ1v) is 7.75. The fourth-order valence-electron chi connectivity index (χ4n) is 2.31. The monoisotopic (exact) mass is 390 g/mol. The molecule has 2 aromatic carbocycles. The molecule has 2 nitrogen and oxygen atoms in total. The standard InChI is InChI=1S/C16H12Br2N2/c1-9-6-11(17)2-4-13(9)15-8-10-7-12(18)3-5-14(10)16(19)20-15/h2-8H,1H3,(H2,19,20). The summed E-state index contributed by atoms with van der Waals surface area (Å²) in [4.78, 5) is 4.54. The van der Waals surface area contributed by atoms with Gasteiger partial charge in [0.25, 0.3) is 0 Å². The van der Waals surface area contributed by atoms with Crippen molar-refractivity contribution in [3.8, 4) is 11.3 Å². The van der Waals surface area contributed by atoms with Crippen LogP contribution in [0.3, 0.4) is 0 Å². The average Bonchev–Trinajstić information content (AvgIpc) is 2.37. The fraction of sp³-hybridized carbons (Fsp3) is 0.0625. The third-order valence-corrected chi connectivity index (χ3v) is 4.27. The van der Waals surface area contributed by atoms with Crippen molar-refractivity contribution in [3.05, 3.63) is 57.0 Å². The number of anilines is 1. The molecule has 0 fully saturated rings. The zero-order valence-corrected chi connectivity index (χ0v) is 14.0. The van der Waals surface area contributed by atoms with E-state index in [0.717, 1.165) is 31.0 Å². The SMILES string of the molecule is Cc1cc(Br)ccc1-c1cc2cc(Br)ccc2c(N)n1. The molecule has 20 heavy (non-hydrogen) atoms. The Kier molecular flexibility index (Phi) is 3.52. The van der Waals surface area contributed by atoms with E-state index in [0.29, 0.717) is 5.82 Å². The summed E-state index contributed by atoms with van der Waals surface area (Å²) in [5, 5.41) is 2.07. The number of hydrogen-bond donors (Lipinski definition) is 1. The van der Waals surface area contributed by atoms with E-state index in [1.54, 1.807) is 0 Å². The van der Waals surface area contributed by atoms with Gasteiger partial charge >= 0.3 is 0 Å². The first kappa shape index (κ1) is 13.6. The molecule has 0 amide bonds. The summed E-state index contributed by atoms with van der Waals surface area (Å²) in [6, 6.07) is 14.3. The largest absolute Gasteiger partial charge is 0.383 e. The van der Waals surface area contributed by atoms with Crippen LogP contribution in [0.25, 0.3) is 22.0 Å². The Bertz CT molecular complexity index is 813. The van der Waals surface area contributed by atoms with E-state index in [9.17, 15) is 0 Å². The zero-order valence-electron chi connectivity index (χ0n) is 10.8. The minimum absolute atomic E-state index is 0.562. The fourth-order valence-corrected chi connectivity index (χ4v) is 3.16. The van der Waals surface area contributed by atoms with Crippen molar-refractivity contribution in [2.45, 2.75) is 6.92 Å². The van der Waals surface area contributed by atoms with E-state index in [4.69, 9.17) is 5.73 Å². The molecule has 2 N–H and O–H groups in total. The molecular weight excluding hydrogens is 380 g/mol. The Hall–Kier alpha value is -1.39. The molecule has 0 saturated carbocycles. The number of rotatable bonds is 1. The highest BCUT2D eigenvalue weighted by Gasteiger charge is 2.08. The average molecular weight is 392 g/mol. The van der Waals surface area contributed by atoms with Gasteiger partial charge in [0.15, 0.2) is 0 Å². The molecule has 0 unspecified atom stereocenters. The van der Waals surface area contributed by atoms with Crippen molar-refractivity contribution in [2.75, 3.05) is 5.73 Å². The van der Waals surface area contributed by atoms with Gasteiger partial charge in [0.2, 0.25) is 0 Å². The second kappa shape index (κ2) is 5.19. The topological polar surface area (TPSA) is 38.9 Å². The van der Waals surface area contributed by atoms with Crippen LogP contribution in [0, 0.1) is 6.92 Å². The molecule has 0 aliphatic carbocycles. The van der Waals surface area contributed by atoms with Crippen LogP contribution in [-0.2, 0) is 0 Å². The molecule has 0 atom stereocenters. The van der Waals surface area contributed by atoms with Gasteiger partial charge in [0.05, 0.1) is 5.69 Å². The maximum atomic E-state index is 6.09. The van der Waals surface area contributed by atoms with E-state index >= 15 is 0 Å². The first-order valence-electron chi connectivity index (χ1n) is 6.17. The van der Waals surface area contributed by atoms with Crippen LogP contribution in [0.4, 0.5) is 5.82 Å². The Morgan fingerprint density at radius 2 is 1.65 bits per heavy atom. The van der Waals surface area contributed by atoms with Crippen molar-refractivity contribution in [1.29, 1.82) is 0 Å². The molecule has 0 bridgehead atoms. The van der Waals surface area contributed by atoms with Crippen LogP contribution in [0.15, 0.2) is 51.4 Å². The lowest BCUT2D eigenvalue weighted by molar-refractivity contribution is 1.33. The van der Waals surface area contributed by atoms with Gasteiger partial charge in [-0.1, -0.05) is 37.9 Å². The molecule has 0 spiro atoms. The minimum Gasteiger partial charge on any atom is -0.383 e. The molecule has 1 heterocycles. The van der Waals surface area contributed by atoms with Gasteiger partial charge in [-0.25, -0.2) is 4.98 Å². The predicted molar refractivity (Wildman–Crippen MR) is 91.7 cm³/mol. The van der Waals surface area contributed by atoms with E-state index in [1.165, 1.54) is 5.56 Å². The molecule has 0 radical (unpaired) electrons. The van der Waals surface area contributed by atoms with Gasteiger partial charge in [-0.05, 0) is 54.3 Å². The van der Waals surface area contributed by atoms with Crippen LogP contribution in [0.1, 0.15) is 5.56 Å². The highest BCUT2D eigenvalue weighted by atomic mass is 79.9. The van der Waals surface area contributed by atoms with Gasteiger partial charge < -0.3 is 5.73 Å². The Balaban J connectivity index is 2.26. The van der Waals surface area contributed by atoms with E-state index in [-0.39, 0.29) is 0 Å². The molecule has 1 aromatic heterocycles. The second-order valence-corrected chi connectivity index (χ2v) is 6.55. The number of pyridine rings is 1. The molecule has 0 saturated heterocycles. The van der Waals surface area contributed by atoms with Crippen LogP contribution in [0.5, 0.6) is 0 Å². The van der Waals surface area contributed by atoms with Crippen LogP contribution >= 0.6 is 31.9 Å². The quantitative estimate of drug-likeness (QED) is 0.609. The molecule has 3 rings (SSSR count). The summed E-state index contributed by atoms with van der Waals surface area (Å²) in [6.45, 7) is 2.07. The molecular formula is C16H12Br2N2. The number of nitrogens with two attached hydrogens (primary N) is 1. The summed E-state index contributed by atoms with van der Waals surface area (Å²) >= 11 is 6.98. The number of benzene rings is 2. The minimum atomic E-state index is 0.562. The lowest BCUT2D eigenvalue weighted by Crippen LogP contribution is -1.95. The third kappa shape index (κ3) is 2.45. The van der Waals surface area contributed by atoms with Crippen molar-refractivity contribution >= 4 is 48.5 Å². The second-order valence-electron chi connectivity index (χ2n) is 4.72. The summed E-state index contributed by atoms with van der Waals surface area (Å²) in [7, 11) is 0. The number of aromatic nitrogens is 1. The Morgan fingerprint density at radius 1 is 0.950 bits per heavy atom. The molecule has 100 valence electrons. The van der Waals surface area contributed by atoms with Gasteiger partial charge in [0, 0.05) is 19.9 Å². The lowest BCUT2D eigenvalue weighted by Gasteiger charge is -2.09. The van der Waals surface area contributed by atoms with Gasteiger partial charge in [-0.3, -0.25) is 0 Å². The lowest BCUT2D eigenvalue weighted by atomic mass is 10.0. The summed E-state index contributed by atoms with van der Waals surface area (Å²) in [6.07, 6.45) is 0. The zero-order chi connectivity index (χ0) is 14.3. The smallest absolute Gasteiger partial charge is 0.131 e. The molecule has 3 aromatic rings. The number of nitrogens with zero attached hydrogens (tertiary/aromatic N) is 1. The van der Waals surface area contributed by atoms with Gasteiger partial charge in [-0.15, -0.1) is 0 Å². The normalized spacial score (nSPS) is 10.9. The maximum absolute atomic E-state index is 6.09. The highest BCUT2D eigenvalue weighted by Crippen LogP contribution is 2.30. The summed E-state index contributed by atoms with van der Waals surface area (Å²) < 4.78 is 2.10. The van der Waals surface area contributed by atoms with Crippen LogP contribution in [-0.4, -0.2) is 4.98 Å². The van der Waals surface area contributed by atoms with Gasteiger partial charge in [-0.2, -0.15) is 0 Å². The molecule has 0 aliphatic heterocycles. The van der Waals surface area contributed by atoms with E-state index in [1.807, 2.05) is 18.2 Å². The van der Waals surface area contributed by atoms with E-state index in [2.05, 4.69) is 68.0 Å². The molecule has 4 heteroatoms. The number of fused-ring (bicyclic) bond motifs is 1.